The first kappa shape index (κ1) is 14.1. The molecule has 2 aromatic heterocycles. The molecule has 0 bridgehead atoms. The Bertz CT molecular complexity index is 780. The van der Waals surface area contributed by atoms with E-state index in [0.29, 0.717) is 11.0 Å². The number of hydrogen-bond donors (Lipinski definition) is 4. The molecule has 1 saturated heterocycles. The number of H-pyrrole nitrogens is 1. The van der Waals surface area contributed by atoms with Gasteiger partial charge in [-0.2, -0.15) is 5.26 Å². The number of nitriles is 1. The van der Waals surface area contributed by atoms with Crippen molar-refractivity contribution in [3.05, 3.63) is 22.7 Å². The summed E-state index contributed by atoms with van der Waals surface area (Å²) in [5, 5.41) is 38.7. The summed E-state index contributed by atoms with van der Waals surface area (Å²) in [6.07, 6.45) is -1.43. The van der Waals surface area contributed by atoms with Gasteiger partial charge in [0.15, 0.2) is 6.23 Å². The van der Waals surface area contributed by atoms with Gasteiger partial charge in [-0.05, 0) is 0 Å². The zero-order chi connectivity index (χ0) is 15.1. The number of aromatic amines is 1. The van der Waals surface area contributed by atoms with Crippen LogP contribution in [0.15, 0.2) is 12.5 Å². The smallest absolute Gasteiger partial charge is 0.164 e. The highest BCUT2D eigenvalue weighted by Gasteiger charge is 2.43. The molecule has 3 heterocycles. The van der Waals surface area contributed by atoms with E-state index in [9.17, 15) is 15.5 Å². The molecule has 1 aliphatic rings. The number of ether oxygens (including phenoxy) is 1. The van der Waals surface area contributed by atoms with E-state index < -0.39 is 31.1 Å². The minimum Gasteiger partial charge on any atom is -0.394 e. The second kappa shape index (κ2) is 5.18. The molecule has 1 aliphatic heterocycles. The number of nitrogens with zero attached hydrogens (tertiary/aromatic N) is 3. The van der Waals surface area contributed by atoms with Crippen molar-refractivity contribution in [1.29, 1.82) is 5.26 Å². The molecule has 0 spiro atoms. The first-order chi connectivity index (χ1) is 10.1. The Balaban J connectivity index is 2.17. The molecule has 0 aromatic carbocycles. The van der Waals surface area contributed by atoms with Gasteiger partial charge in [-0.25, -0.2) is 4.98 Å². The van der Waals surface area contributed by atoms with Gasteiger partial charge in [-0.1, -0.05) is 12.2 Å². The molecule has 4 unspecified atom stereocenters. The Labute approximate surface area is 123 Å². The van der Waals surface area contributed by atoms with Crippen molar-refractivity contribution < 1.29 is 20.1 Å². The fraction of sp³-hybridized carbons (Fsp3) is 0.417. The maximum absolute atomic E-state index is 10.1. The molecule has 1 fully saturated rings. The van der Waals surface area contributed by atoms with Gasteiger partial charge in [-0.15, -0.1) is 0 Å². The maximum Gasteiger partial charge on any atom is 0.164 e. The molecule has 4 N–H and O–H groups in total. The first-order valence-electron chi connectivity index (χ1n) is 6.19. The van der Waals surface area contributed by atoms with Crippen LogP contribution >= 0.6 is 12.2 Å². The van der Waals surface area contributed by atoms with Crippen LogP contribution in [0.2, 0.25) is 0 Å². The molecule has 0 radical (unpaired) electrons. The largest absolute Gasteiger partial charge is 0.394 e. The molecule has 110 valence electrons. The Morgan fingerprint density at radius 1 is 1.48 bits per heavy atom. The lowest BCUT2D eigenvalue weighted by Gasteiger charge is -2.17. The Morgan fingerprint density at radius 3 is 2.86 bits per heavy atom. The molecular weight excluding hydrogens is 296 g/mol. The van der Waals surface area contributed by atoms with Crippen molar-refractivity contribution in [2.45, 2.75) is 24.5 Å². The van der Waals surface area contributed by atoms with Crippen LogP contribution in [-0.2, 0) is 4.74 Å². The molecule has 0 amide bonds. The van der Waals surface area contributed by atoms with Crippen LogP contribution in [0.5, 0.6) is 0 Å². The van der Waals surface area contributed by atoms with Crippen LogP contribution in [0, 0.1) is 16.0 Å². The average Bonchev–Trinajstić information content (AvgIpc) is 2.99. The van der Waals surface area contributed by atoms with Gasteiger partial charge in [0.05, 0.1) is 23.9 Å². The number of nitrogens with one attached hydrogen (secondary N) is 1. The quantitative estimate of drug-likeness (QED) is 0.555. The minimum absolute atomic E-state index is 0.255. The van der Waals surface area contributed by atoms with E-state index in [1.54, 1.807) is 0 Å². The number of rotatable bonds is 2. The molecule has 3 rings (SSSR count). The Kier molecular flexibility index (Phi) is 3.48. The van der Waals surface area contributed by atoms with E-state index in [4.69, 9.17) is 22.1 Å². The second-order valence-corrected chi connectivity index (χ2v) is 5.11. The molecule has 4 atom stereocenters. The lowest BCUT2D eigenvalue weighted by Crippen LogP contribution is -2.33. The molecule has 21 heavy (non-hydrogen) atoms. The molecule has 2 aromatic rings. The molecule has 0 aliphatic carbocycles. The van der Waals surface area contributed by atoms with Crippen molar-refractivity contribution in [3.63, 3.8) is 0 Å². The van der Waals surface area contributed by atoms with Crippen LogP contribution in [0.4, 0.5) is 0 Å². The van der Waals surface area contributed by atoms with Crippen LogP contribution in [-0.4, -0.2) is 54.8 Å². The predicted octanol–water partition coefficient (Wildman–Crippen LogP) is -0.423. The summed E-state index contributed by atoms with van der Waals surface area (Å²) in [5.41, 5.74) is 0.749. The summed E-state index contributed by atoms with van der Waals surface area (Å²) in [5.74, 6) is 0. The second-order valence-electron chi connectivity index (χ2n) is 4.72. The third-order valence-electron chi connectivity index (χ3n) is 3.54. The van der Waals surface area contributed by atoms with Crippen molar-refractivity contribution in [1.82, 2.24) is 14.5 Å². The number of hydrogen-bond acceptors (Lipinski definition) is 7. The third-order valence-corrected chi connectivity index (χ3v) is 3.85. The third kappa shape index (κ3) is 2.05. The monoisotopic (exact) mass is 308 g/mol. The van der Waals surface area contributed by atoms with Crippen LogP contribution in [0.25, 0.3) is 11.0 Å². The summed E-state index contributed by atoms with van der Waals surface area (Å²) >= 11 is 5.11. The van der Waals surface area contributed by atoms with Gasteiger partial charge in [0.1, 0.15) is 34.7 Å². The van der Waals surface area contributed by atoms with Crippen LogP contribution in [0.1, 0.15) is 11.8 Å². The highest BCUT2D eigenvalue weighted by Crippen LogP contribution is 2.33. The SMILES string of the molecule is N#Cc1cn(C2OC(CO)C(O)C2O)c2[nH]cnc(=S)c12. The van der Waals surface area contributed by atoms with Gasteiger partial charge < -0.3 is 29.6 Å². The van der Waals surface area contributed by atoms with E-state index in [-0.39, 0.29) is 10.2 Å². The summed E-state index contributed by atoms with van der Waals surface area (Å²) < 4.78 is 7.19. The van der Waals surface area contributed by atoms with E-state index in [0.717, 1.165) is 0 Å². The van der Waals surface area contributed by atoms with Crippen LogP contribution in [0.3, 0.4) is 0 Å². The predicted molar refractivity (Wildman–Crippen MR) is 72.6 cm³/mol. The molecule has 0 saturated carbocycles. The van der Waals surface area contributed by atoms with E-state index in [1.807, 2.05) is 6.07 Å². The number of aliphatic hydroxyl groups is 3. The van der Waals surface area contributed by atoms with Crippen molar-refractivity contribution in [2.24, 2.45) is 0 Å². The average molecular weight is 308 g/mol. The standard InChI is InChI=1S/C12H12N4O4S/c13-1-5-2-16(10-7(5)11(21)15-4-14-10)12-9(19)8(18)6(3-17)20-12/h2,4,6,8-9,12,17-19H,3H2,(H,14,15,21). The molecule has 9 heteroatoms. The fourth-order valence-corrected chi connectivity index (χ4v) is 2.76. The topological polar surface area (TPSA) is 127 Å². The van der Waals surface area contributed by atoms with Gasteiger partial charge >= 0.3 is 0 Å². The van der Waals surface area contributed by atoms with Crippen LogP contribution < -0.4 is 0 Å². The molecular formula is C12H12N4O4S. The van der Waals surface area contributed by atoms with Crippen molar-refractivity contribution in [2.75, 3.05) is 6.61 Å². The summed E-state index contributed by atoms with van der Waals surface area (Å²) in [7, 11) is 0. The number of fused-ring (bicyclic) bond motifs is 1. The Hall–Kier alpha value is -1.83. The van der Waals surface area contributed by atoms with Gasteiger partial charge in [0.25, 0.3) is 0 Å². The Morgan fingerprint density at radius 2 is 2.24 bits per heavy atom. The van der Waals surface area contributed by atoms with E-state index in [1.165, 1.54) is 17.1 Å². The zero-order valence-electron chi connectivity index (χ0n) is 10.7. The van der Waals surface area contributed by atoms with Gasteiger partial charge in [0.2, 0.25) is 0 Å². The van der Waals surface area contributed by atoms with E-state index in [2.05, 4.69) is 9.97 Å². The summed E-state index contributed by atoms with van der Waals surface area (Å²) in [6, 6.07) is 2.01. The highest BCUT2D eigenvalue weighted by molar-refractivity contribution is 7.71. The number of aliphatic hydroxyl groups excluding tert-OH is 3. The highest BCUT2D eigenvalue weighted by atomic mass is 32.1. The lowest BCUT2D eigenvalue weighted by molar-refractivity contribution is -0.0508. The number of aromatic nitrogens is 3. The normalized spacial score (nSPS) is 28.9. The summed E-state index contributed by atoms with van der Waals surface area (Å²) in [6.45, 7) is -0.420. The zero-order valence-corrected chi connectivity index (χ0v) is 11.5. The summed E-state index contributed by atoms with van der Waals surface area (Å²) in [4.78, 5) is 6.78. The van der Waals surface area contributed by atoms with Crippen molar-refractivity contribution in [3.8, 4) is 6.07 Å². The van der Waals surface area contributed by atoms with Crippen molar-refractivity contribution >= 4 is 23.3 Å². The fourth-order valence-electron chi connectivity index (χ4n) is 2.50. The maximum atomic E-state index is 10.1. The first-order valence-corrected chi connectivity index (χ1v) is 6.60. The lowest BCUT2D eigenvalue weighted by atomic mass is 10.1. The van der Waals surface area contributed by atoms with Gasteiger partial charge in [-0.3, -0.25) is 0 Å². The van der Waals surface area contributed by atoms with E-state index >= 15 is 0 Å². The van der Waals surface area contributed by atoms with Gasteiger partial charge in [0, 0.05) is 6.20 Å². The molecule has 8 nitrogen and oxygen atoms in total. The minimum atomic E-state index is -1.24.